The third-order valence-electron chi connectivity index (χ3n) is 6.11. The van der Waals surface area contributed by atoms with Gasteiger partial charge in [-0.05, 0) is 30.9 Å². The van der Waals surface area contributed by atoms with Gasteiger partial charge in [-0.2, -0.15) is 0 Å². The molecule has 1 aliphatic heterocycles. The van der Waals surface area contributed by atoms with Crippen LogP contribution in [0.1, 0.15) is 12.8 Å². The van der Waals surface area contributed by atoms with Crippen LogP contribution < -0.4 is 16.4 Å². The van der Waals surface area contributed by atoms with Gasteiger partial charge in [0.15, 0.2) is 5.82 Å². The molecule has 2 unspecified atom stereocenters. The second-order valence-electron chi connectivity index (χ2n) is 7.01. The SMILES string of the molecule is Nc1nc(N2CC[C@@]34C(C[C@@H]3N)C24)cnc1-c1c(Cl)cccc1Cl. The van der Waals surface area contributed by atoms with Crippen molar-refractivity contribution >= 4 is 34.8 Å². The van der Waals surface area contributed by atoms with Crippen LogP contribution in [0.25, 0.3) is 11.3 Å². The zero-order valence-corrected chi connectivity index (χ0v) is 14.4. The monoisotopic (exact) mass is 361 g/mol. The number of fused-ring (bicyclic) bond motifs is 1. The Hall–Kier alpha value is -1.56. The number of benzene rings is 1. The molecule has 4 atom stereocenters. The fourth-order valence-corrected chi connectivity index (χ4v) is 5.45. The molecule has 5 nitrogen and oxygen atoms in total. The number of aromatic nitrogens is 2. The van der Waals surface area contributed by atoms with Crippen molar-refractivity contribution in [3.05, 3.63) is 34.4 Å². The Kier molecular flexibility index (Phi) is 2.92. The van der Waals surface area contributed by atoms with Crippen LogP contribution >= 0.6 is 23.2 Å². The average molecular weight is 362 g/mol. The number of nitrogens with zero attached hydrogens (tertiary/aromatic N) is 3. The Morgan fingerprint density at radius 1 is 1.25 bits per heavy atom. The number of rotatable bonds is 2. The summed E-state index contributed by atoms with van der Waals surface area (Å²) < 4.78 is 0. The van der Waals surface area contributed by atoms with E-state index in [4.69, 9.17) is 34.7 Å². The third-order valence-corrected chi connectivity index (χ3v) is 6.74. The van der Waals surface area contributed by atoms with Crippen molar-refractivity contribution in [1.82, 2.24) is 9.97 Å². The molecule has 2 heterocycles. The van der Waals surface area contributed by atoms with E-state index in [0.717, 1.165) is 31.1 Å². The van der Waals surface area contributed by atoms with Gasteiger partial charge in [0.1, 0.15) is 11.5 Å². The number of hydrogen-bond donors (Lipinski definition) is 2. The van der Waals surface area contributed by atoms with Gasteiger partial charge in [-0.25, -0.2) is 9.97 Å². The Labute approximate surface area is 150 Å². The average Bonchev–Trinajstić information content (AvgIpc) is 2.88. The number of hydrogen-bond acceptors (Lipinski definition) is 5. The van der Waals surface area contributed by atoms with Gasteiger partial charge in [0.2, 0.25) is 0 Å². The molecule has 1 aromatic carbocycles. The van der Waals surface area contributed by atoms with E-state index < -0.39 is 0 Å². The highest BCUT2D eigenvalue weighted by Crippen LogP contribution is 2.73. The normalized spacial score (nSPS) is 33.0. The molecule has 3 fully saturated rings. The number of anilines is 2. The first kappa shape index (κ1) is 14.8. The molecule has 4 N–H and O–H groups in total. The maximum Gasteiger partial charge on any atom is 0.152 e. The molecular formula is C17H17Cl2N5. The van der Waals surface area contributed by atoms with Gasteiger partial charge in [-0.1, -0.05) is 29.3 Å². The summed E-state index contributed by atoms with van der Waals surface area (Å²) in [5, 5.41) is 1.03. The molecule has 7 heteroatoms. The topological polar surface area (TPSA) is 81.1 Å². The van der Waals surface area contributed by atoms with E-state index in [1.807, 2.05) is 0 Å². The van der Waals surface area contributed by atoms with Crippen LogP contribution in [0.5, 0.6) is 0 Å². The molecule has 0 bridgehead atoms. The van der Waals surface area contributed by atoms with Crippen LogP contribution in [0.15, 0.2) is 24.4 Å². The van der Waals surface area contributed by atoms with Gasteiger partial charge in [-0.15, -0.1) is 0 Å². The number of nitrogen functional groups attached to an aromatic ring is 1. The van der Waals surface area contributed by atoms with Gasteiger partial charge >= 0.3 is 0 Å². The summed E-state index contributed by atoms with van der Waals surface area (Å²) in [7, 11) is 0. The summed E-state index contributed by atoms with van der Waals surface area (Å²) in [5.74, 6) is 1.89. The van der Waals surface area contributed by atoms with Crippen LogP contribution in [0.3, 0.4) is 0 Å². The zero-order chi connectivity index (χ0) is 16.6. The summed E-state index contributed by atoms with van der Waals surface area (Å²) in [6, 6.07) is 6.18. The molecular weight excluding hydrogens is 345 g/mol. The van der Waals surface area contributed by atoms with Crippen LogP contribution in [0, 0.1) is 11.3 Å². The largest absolute Gasteiger partial charge is 0.382 e. The van der Waals surface area contributed by atoms with Crippen LogP contribution in [-0.4, -0.2) is 28.6 Å². The molecule has 0 radical (unpaired) electrons. The Balaban J connectivity index is 1.50. The van der Waals surface area contributed by atoms with Crippen LogP contribution in [-0.2, 0) is 0 Å². The minimum absolute atomic E-state index is 0.334. The molecule has 24 heavy (non-hydrogen) atoms. The summed E-state index contributed by atoms with van der Waals surface area (Å²) in [6.45, 7) is 0.967. The van der Waals surface area contributed by atoms with Crippen molar-refractivity contribution < 1.29 is 0 Å². The highest BCUT2D eigenvalue weighted by Gasteiger charge is 2.79. The molecule has 124 valence electrons. The van der Waals surface area contributed by atoms with Crippen molar-refractivity contribution in [2.24, 2.45) is 17.1 Å². The number of piperidine rings is 1. The molecule has 3 aliphatic rings. The van der Waals surface area contributed by atoms with Gasteiger partial charge in [0, 0.05) is 29.6 Å². The maximum atomic E-state index is 6.26. The molecule has 0 amide bonds. The lowest BCUT2D eigenvalue weighted by atomic mass is 9.78. The first-order chi connectivity index (χ1) is 11.5. The molecule has 1 aromatic heterocycles. The van der Waals surface area contributed by atoms with Crippen molar-refractivity contribution in [3.63, 3.8) is 0 Å². The van der Waals surface area contributed by atoms with Crippen LogP contribution in [0.4, 0.5) is 11.6 Å². The van der Waals surface area contributed by atoms with Crippen LogP contribution in [0.2, 0.25) is 10.0 Å². The molecule has 1 spiro atoms. The molecule has 2 aromatic rings. The number of nitrogens with two attached hydrogens (primary N) is 2. The number of halogens is 2. The van der Waals surface area contributed by atoms with E-state index >= 15 is 0 Å². The lowest BCUT2D eigenvalue weighted by molar-refractivity contribution is 0.231. The first-order valence-corrected chi connectivity index (χ1v) is 8.89. The highest BCUT2D eigenvalue weighted by molar-refractivity contribution is 6.39. The van der Waals surface area contributed by atoms with Gasteiger partial charge in [0.25, 0.3) is 0 Å². The quantitative estimate of drug-likeness (QED) is 0.859. The molecule has 2 saturated carbocycles. The standard InChI is InChI=1S/C17H17Cl2N5/c18-9-2-1-3-10(19)13(9)14-16(21)23-12(7-22-14)24-5-4-17-8(15(17)24)6-11(17)20/h1-3,7-8,11,15H,4-6,20H2,(H2,21,23)/t8?,11-,15?,17+/m0/s1. The van der Waals surface area contributed by atoms with Gasteiger partial charge in [-0.3, -0.25) is 0 Å². The van der Waals surface area contributed by atoms with E-state index in [9.17, 15) is 0 Å². The predicted octanol–water partition coefficient (Wildman–Crippen LogP) is 2.96. The summed E-state index contributed by atoms with van der Waals surface area (Å²) in [5.41, 5.74) is 13.9. The predicted molar refractivity (Wildman–Crippen MR) is 96.2 cm³/mol. The van der Waals surface area contributed by atoms with E-state index in [2.05, 4.69) is 14.9 Å². The van der Waals surface area contributed by atoms with E-state index in [1.54, 1.807) is 24.4 Å². The maximum absolute atomic E-state index is 6.26. The Morgan fingerprint density at radius 3 is 2.58 bits per heavy atom. The molecule has 5 rings (SSSR count). The lowest BCUT2D eigenvalue weighted by Gasteiger charge is -2.31. The minimum atomic E-state index is 0.334. The minimum Gasteiger partial charge on any atom is -0.382 e. The van der Waals surface area contributed by atoms with Gasteiger partial charge < -0.3 is 16.4 Å². The van der Waals surface area contributed by atoms with E-state index in [1.165, 1.54) is 0 Å². The fraction of sp³-hybridized carbons (Fsp3) is 0.412. The van der Waals surface area contributed by atoms with E-state index in [-0.39, 0.29) is 0 Å². The summed E-state index contributed by atoms with van der Waals surface area (Å²) in [4.78, 5) is 11.4. The molecule has 1 saturated heterocycles. The van der Waals surface area contributed by atoms with Crippen molar-refractivity contribution in [2.45, 2.75) is 24.9 Å². The van der Waals surface area contributed by atoms with Gasteiger partial charge in [0.05, 0.1) is 16.2 Å². The summed E-state index contributed by atoms with van der Waals surface area (Å²) in [6.07, 6.45) is 4.04. The highest BCUT2D eigenvalue weighted by atomic mass is 35.5. The third kappa shape index (κ3) is 1.70. The Morgan fingerprint density at radius 2 is 2.00 bits per heavy atom. The summed E-state index contributed by atoms with van der Waals surface area (Å²) >= 11 is 12.5. The second kappa shape index (κ2) is 4.75. The fourth-order valence-electron chi connectivity index (χ4n) is 4.88. The van der Waals surface area contributed by atoms with E-state index in [0.29, 0.717) is 44.6 Å². The van der Waals surface area contributed by atoms with Crippen molar-refractivity contribution in [1.29, 1.82) is 0 Å². The van der Waals surface area contributed by atoms with Crippen molar-refractivity contribution in [2.75, 3.05) is 17.2 Å². The van der Waals surface area contributed by atoms with Crippen molar-refractivity contribution in [3.8, 4) is 11.3 Å². The molecule has 2 aliphatic carbocycles. The Bertz CT molecular complexity index is 837. The lowest BCUT2D eigenvalue weighted by Crippen LogP contribution is -2.41. The first-order valence-electron chi connectivity index (χ1n) is 8.13. The smallest absolute Gasteiger partial charge is 0.152 e. The zero-order valence-electron chi connectivity index (χ0n) is 12.9. The second-order valence-corrected chi connectivity index (χ2v) is 7.82.